The number of furan rings is 1. The highest BCUT2D eigenvalue weighted by Gasteiger charge is 2.29. The molecule has 1 saturated heterocycles. The lowest BCUT2D eigenvalue weighted by atomic mass is 10.2. The molecule has 0 aliphatic carbocycles. The number of carbonyl (C=O) groups is 1. The van der Waals surface area contributed by atoms with Crippen LogP contribution in [0.15, 0.2) is 53.2 Å². The van der Waals surface area contributed by atoms with E-state index >= 15 is 0 Å². The first-order valence-corrected chi connectivity index (χ1v) is 8.32. The number of rotatable bonds is 6. The maximum absolute atomic E-state index is 12.9. The van der Waals surface area contributed by atoms with Gasteiger partial charge in [-0.05, 0) is 35.9 Å². The van der Waals surface area contributed by atoms with Gasteiger partial charge in [0.25, 0.3) is 0 Å². The zero-order valence-corrected chi connectivity index (χ0v) is 13.5. The van der Waals surface area contributed by atoms with E-state index in [9.17, 15) is 9.18 Å². The summed E-state index contributed by atoms with van der Waals surface area (Å²) in [6.07, 6.45) is 7.26. The van der Waals surface area contributed by atoms with Crippen molar-refractivity contribution in [2.24, 2.45) is 0 Å². The van der Waals surface area contributed by atoms with Crippen LogP contribution in [0, 0.1) is 5.82 Å². The molecule has 0 unspecified atom stereocenters. The molecular formula is C19H22FN2O2+. The number of benzene rings is 1. The molecule has 1 aromatic carbocycles. The van der Waals surface area contributed by atoms with Crippen molar-refractivity contribution in [3.8, 4) is 0 Å². The molecule has 0 spiro atoms. The predicted octanol–water partition coefficient (Wildman–Crippen LogP) is 1.97. The molecule has 1 aliphatic heterocycles. The largest absolute Gasteiger partial charge is 0.463 e. The van der Waals surface area contributed by atoms with Crippen molar-refractivity contribution in [2.45, 2.75) is 18.9 Å². The van der Waals surface area contributed by atoms with Gasteiger partial charge in [-0.25, -0.2) is 4.39 Å². The monoisotopic (exact) mass is 329 g/mol. The fourth-order valence-corrected chi connectivity index (χ4v) is 3.12. The molecule has 2 heterocycles. The fraction of sp³-hybridized carbons (Fsp3) is 0.316. The third kappa shape index (κ3) is 4.32. The second kappa shape index (κ2) is 7.93. The highest BCUT2D eigenvalue weighted by atomic mass is 19.1. The maximum atomic E-state index is 12.9. The summed E-state index contributed by atoms with van der Waals surface area (Å²) in [5.74, 6) is 0.468. The summed E-state index contributed by atoms with van der Waals surface area (Å²) in [4.78, 5) is 13.5. The Labute approximate surface area is 141 Å². The zero-order valence-electron chi connectivity index (χ0n) is 13.5. The Hall–Kier alpha value is -2.40. The van der Waals surface area contributed by atoms with Gasteiger partial charge in [0.2, 0.25) is 5.91 Å². The summed E-state index contributed by atoms with van der Waals surface area (Å²) in [6.45, 7) is 2.74. The summed E-state index contributed by atoms with van der Waals surface area (Å²) < 4.78 is 18.4. The van der Waals surface area contributed by atoms with E-state index < -0.39 is 0 Å². The van der Waals surface area contributed by atoms with E-state index in [0.29, 0.717) is 6.54 Å². The molecule has 3 rings (SSSR count). The van der Waals surface area contributed by atoms with Crippen LogP contribution in [0.3, 0.4) is 0 Å². The number of halogens is 1. The number of hydrogen-bond donors (Lipinski definition) is 2. The SMILES string of the molecule is O=C(/C=C/c1ccc(F)cc1)NC[C@@H](c1ccco1)[NH+]1CCCC1. The van der Waals surface area contributed by atoms with Gasteiger partial charge < -0.3 is 14.6 Å². The number of quaternary nitrogens is 1. The third-order valence-corrected chi connectivity index (χ3v) is 4.40. The second-order valence-electron chi connectivity index (χ2n) is 6.06. The fourth-order valence-electron chi connectivity index (χ4n) is 3.12. The van der Waals surface area contributed by atoms with Crippen molar-refractivity contribution in [3.63, 3.8) is 0 Å². The average Bonchev–Trinajstić information content (AvgIpc) is 3.29. The van der Waals surface area contributed by atoms with Crippen LogP contribution in [0.1, 0.15) is 30.2 Å². The predicted molar refractivity (Wildman–Crippen MR) is 89.8 cm³/mol. The number of carbonyl (C=O) groups excluding carboxylic acids is 1. The summed E-state index contributed by atoms with van der Waals surface area (Å²) in [5.41, 5.74) is 0.791. The molecule has 126 valence electrons. The Balaban J connectivity index is 1.57. The van der Waals surface area contributed by atoms with Crippen LogP contribution in [-0.2, 0) is 4.79 Å². The number of nitrogens with one attached hydrogen (secondary N) is 2. The lowest BCUT2D eigenvalue weighted by Gasteiger charge is -2.22. The Morgan fingerprint density at radius 3 is 2.67 bits per heavy atom. The summed E-state index contributed by atoms with van der Waals surface area (Å²) in [7, 11) is 0. The van der Waals surface area contributed by atoms with Crippen LogP contribution in [0.5, 0.6) is 0 Å². The van der Waals surface area contributed by atoms with Gasteiger partial charge in [-0.15, -0.1) is 0 Å². The zero-order chi connectivity index (χ0) is 16.8. The lowest BCUT2D eigenvalue weighted by Crippen LogP contribution is -3.11. The maximum Gasteiger partial charge on any atom is 0.244 e. The molecule has 1 fully saturated rings. The first kappa shape index (κ1) is 16.5. The number of hydrogen-bond acceptors (Lipinski definition) is 2. The highest BCUT2D eigenvalue weighted by Crippen LogP contribution is 2.11. The topological polar surface area (TPSA) is 46.7 Å². The van der Waals surface area contributed by atoms with E-state index in [1.165, 1.54) is 36.0 Å². The highest BCUT2D eigenvalue weighted by molar-refractivity contribution is 5.91. The van der Waals surface area contributed by atoms with E-state index in [0.717, 1.165) is 24.4 Å². The van der Waals surface area contributed by atoms with Crippen LogP contribution in [0.2, 0.25) is 0 Å². The van der Waals surface area contributed by atoms with Crippen molar-refractivity contribution in [1.82, 2.24) is 5.32 Å². The molecule has 24 heavy (non-hydrogen) atoms. The van der Waals surface area contributed by atoms with Gasteiger partial charge in [-0.1, -0.05) is 12.1 Å². The molecule has 1 amide bonds. The van der Waals surface area contributed by atoms with E-state index in [1.54, 1.807) is 24.5 Å². The lowest BCUT2D eigenvalue weighted by molar-refractivity contribution is -0.919. The van der Waals surface area contributed by atoms with Crippen molar-refractivity contribution < 1.29 is 18.5 Å². The molecule has 0 saturated carbocycles. The Morgan fingerprint density at radius 1 is 1.25 bits per heavy atom. The van der Waals surface area contributed by atoms with E-state index in [4.69, 9.17) is 4.42 Å². The Kier molecular flexibility index (Phi) is 5.43. The van der Waals surface area contributed by atoms with Crippen molar-refractivity contribution in [2.75, 3.05) is 19.6 Å². The normalized spacial score (nSPS) is 16.5. The van der Waals surface area contributed by atoms with Gasteiger partial charge in [-0.2, -0.15) is 0 Å². The molecule has 0 bridgehead atoms. The summed E-state index contributed by atoms with van der Waals surface area (Å²) >= 11 is 0. The quantitative estimate of drug-likeness (QED) is 0.796. The number of likely N-dealkylation sites (tertiary alicyclic amines) is 1. The second-order valence-corrected chi connectivity index (χ2v) is 6.06. The van der Waals surface area contributed by atoms with Gasteiger partial charge in [0, 0.05) is 18.9 Å². The number of amides is 1. The first-order valence-electron chi connectivity index (χ1n) is 8.32. The van der Waals surface area contributed by atoms with Crippen LogP contribution in [-0.4, -0.2) is 25.5 Å². The van der Waals surface area contributed by atoms with Crippen LogP contribution in [0.4, 0.5) is 4.39 Å². The molecule has 1 aromatic heterocycles. The van der Waals surface area contributed by atoms with Crippen molar-refractivity contribution in [3.05, 3.63) is 65.9 Å². The molecular weight excluding hydrogens is 307 g/mol. The standard InChI is InChI=1S/C19H21FN2O2/c20-16-8-5-15(6-9-16)7-10-19(23)21-14-17(18-4-3-13-24-18)22-11-1-2-12-22/h3-10,13,17H,1-2,11-12,14H2,(H,21,23)/p+1/b10-7+/t17-/m0/s1. The van der Waals surface area contributed by atoms with Crippen molar-refractivity contribution in [1.29, 1.82) is 0 Å². The van der Waals surface area contributed by atoms with Gasteiger partial charge in [0.1, 0.15) is 5.82 Å². The summed E-state index contributed by atoms with van der Waals surface area (Å²) in [5, 5.41) is 2.95. The van der Waals surface area contributed by atoms with Crippen molar-refractivity contribution >= 4 is 12.0 Å². The van der Waals surface area contributed by atoms with Gasteiger partial charge in [0.05, 0.1) is 25.9 Å². The van der Waals surface area contributed by atoms with Crippen LogP contribution >= 0.6 is 0 Å². The molecule has 0 radical (unpaired) electrons. The third-order valence-electron chi connectivity index (χ3n) is 4.40. The Morgan fingerprint density at radius 2 is 2.00 bits per heavy atom. The molecule has 1 aliphatic rings. The molecule has 2 aromatic rings. The van der Waals surface area contributed by atoms with E-state index in [1.807, 2.05) is 12.1 Å². The first-order chi connectivity index (χ1) is 11.7. The average molecular weight is 329 g/mol. The molecule has 2 N–H and O–H groups in total. The minimum absolute atomic E-state index is 0.144. The molecule has 4 nitrogen and oxygen atoms in total. The van der Waals surface area contributed by atoms with Gasteiger partial charge in [0.15, 0.2) is 11.8 Å². The van der Waals surface area contributed by atoms with Crippen LogP contribution < -0.4 is 10.2 Å². The molecule has 5 heteroatoms. The minimum atomic E-state index is -0.286. The minimum Gasteiger partial charge on any atom is -0.463 e. The Bertz CT molecular complexity index is 674. The van der Waals surface area contributed by atoms with Gasteiger partial charge >= 0.3 is 0 Å². The van der Waals surface area contributed by atoms with Crippen LogP contribution in [0.25, 0.3) is 6.08 Å². The van der Waals surface area contributed by atoms with E-state index in [2.05, 4.69) is 5.32 Å². The molecule has 1 atom stereocenters. The van der Waals surface area contributed by atoms with E-state index in [-0.39, 0.29) is 17.8 Å². The smallest absolute Gasteiger partial charge is 0.244 e. The summed E-state index contributed by atoms with van der Waals surface area (Å²) in [6, 6.07) is 10.0. The van der Waals surface area contributed by atoms with Gasteiger partial charge in [-0.3, -0.25) is 4.79 Å².